The van der Waals surface area contributed by atoms with Gasteiger partial charge in [0.2, 0.25) is 0 Å². The van der Waals surface area contributed by atoms with Crippen molar-refractivity contribution in [1.82, 2.24) is 10.2 Å². The highest BCUT2D eigenvalue weighted by Gasteiger charge is 2.27. The molecule has 2 amide bonds. The third-order valence-electron chi connectivity index (χ3n) is 5.73. The van der Waals surface area contributed by atoms with Crippen molar-refractivity contribution in [2.75, 3.05) is 19.1 Å². The van der Waals surface area contributed by atoms with Crippen LogP contribution in [0.5, 0.6) is 5.75 Å². The van der Waals surface area contributed by atoms with Gasteiger partial charge in [0.25, 0.3) is 0 Å². The first-order chi connectivity index (χ1) is 15.3. The molecule has 1 aliphatic rings. The highest BCUT2D eigenvalue weighted by molar-refractivity contribution is 6.32. The van der Waals surface area contributed by atoms with Crippen LogP contribution < -0.4 is 9.64 Å². The number of amides is 2. The van der Waals surface area contributed by atoms with Gasteiger partial charge in [-0.3, -0.25) is 4.90 Å². The van der Waals surface area contributed by atoms with Gasteiger partial charge in [-0.2, -0.15) is 5.10 Å². The van der Waals surface area contributed by atoms with E-state index < -0.39 is 0 Å². The van der Waals surface area contributed by atoms with Crippen LogP contribution in [0.4, 0.5) is 10.5 Å². The predicted molar refractivity (Wildman–Crippen MR) is 126 cm³/mol. The molecular weight excluding hydrogens is 428 g/mol. The first kappa shape index (κ1) is 21.9. The number of urea groups is 1. The number of anilines is 1. The van der Waals surface area contributed by atoms with E-state index in [2.05, 4.69) is 10.3 Å². The summed E-state index contributed by atoms with van der Waals surface area (Å²) < 4.78 is 10.6. The molecule has 3 aromatic rings. The molecule has 2 aromatic carbocycles. The average molecular weight is 453 g/mol. The monoisotopic (exact) mass is 452 g/mol. The smallest absolute Gasteiger partial charge is 0.344 e. The molecule has 0 bridgehead atoms. The number of carbonyl (C=O) groups is 1. The standard InChI is InChI=1S/C24H25ClN4O3/c1-14-10-18-12-22(31-5)21(25)11-19(18)13-26-29(14)24(30)28(4)20-8-6-17(7-9-20)23-15(2)27-32-16(23)3/h6-9,11-14H,10H2,1-5H3/t14-/m0/s1. The number of aromatic nitrogens is 1. The van der Waals surface area contributed by atoms with E-state index in [4.69, 9.17) is 20.9 Å². The number of hydrogen-bond acceptors (Lipinski definition) is 5. The molecule has 1 atom stereocenters. The fourth-order valence-electron chi connectivity index (χ4n) is 3.96. The lowest BCUT2D eigenvalue weighted by Gasteiger charge is -2.28. The molecule has 0 aliphatic carbocycles. The van der Waals surface area contributed by atoms with E-state index in [9.17, 15) is 4.79 Å². The predicted octanol–water partition coefficient (Wildman–Crippen LogP) is 5.46. The zero-order valence-corrected chi connectivity index (χ0v) is 19.5. The van der Waals surface area contributed by atoms with Gasteiger partial charge >= 0.3 is 6.03 Å². The van der Waals surface area contributed by atoms with E-state index in [0.717, 1.165) is 39.4 Å². The maximum absolute atomic E-state index is 13.3. The van der Waals surface area contributed by atoms with Gasteiger partial charge in [0.15, 0.2) is 0 Å². The topological polar surface area (TPSA) is 71.2 Å². The first-order valence-corrected chi connectivity index (χ1v) is 10.7. The van der Waals surface area contributed by atoms with Gasteiger partial charge < -0.3 is 9.26 Å². The Balaban J connectivity index is 1.55. The Morgan fingerprint density at radius 1 is 1.25 bits per heavy atom. The fourth-order valence-corrected chi connectivity index (χ4v) is 4.21. The molecule has 0 radical (unpaired) electrons. The summed E-state index contributed by atoms with van der Waals surface area (Å²) in [6, 6.07) is 11.1. The Hall–Kier alpha value is -3.32. The van der Waals surface area contributed by atoms with E-state index in [-0.39, 0.29) is 12.1 Å². The fraction of sp³-hybridized carbons (Fsp3) is 0.292. The summed E-state index contributed by atoms with van der Waals surface area (Å²) in [5, 5.41) is 10.5. The molecule has 1 aliphatic heterocycles. The molecule has 166 valence electrons. The second-order valence-electron chi connectivity index (χ2n) is 7.92. The summed E-state index contributed by atoms with van der Waals surface area (Å²) in [6.45, 7) is 5.77. The number of ether oxygens (including phenoxy) is 1. The molecule has 1 aromatic heterocycles. The summed E-state index contributed by atoms with van der Waals surface area (Å²) in [7, 11) is 3.33. The molecule has 0 saturated heterocycles. The van der Waals surface area contributed by atoms with Crippen molar-refractivity contribution in [3.63, 3.8) is 0 Å². The Bertz CT molecular complexity index is 1170. The molecule has 2 heterocycles. The minimum Gasteiger partial charge on any atom is -0.495 e. The molecule has 32 heavy (non-hydrogen) atoms. The van der Waals surface area contributed by atoms with Gasteiger partial charge in [-0.05, 0) is 68.1 Å². The first-order valence-electron chi connectivity index (χ1n) is 10.3. The van der Waals surface area contributed by atoms with Crippen molar-refractivity contribution in [3.05, 3.63) is 64.0 Å². The number of fused-ring (bicyclic) bond motifs is 1. The van der Waals surface area contributed by atoms with Crippen molar-refractivity contribution in [1.29, 1.82) is 0 Å². The number of rotatable bonds is 3. The Labute approximate surface area is 192 Å². The van der Waals surface area contributed by atoms with Crippen molar-refractivity contribution in [2.45, 2.75) is 33.2 Å². The Morgan fingerprint density at radius 3 is 2.59 bits per heavy atom. The van der Waals surface area contributed by atoms with Crippen LogP contribution in [-0.4, -0.2) is 42.6 Å². The number of carbonyl (C=O) groups excluding carboxylic acids is 1. The Kier molecular flexibility index (Phi) is 5.93. The van der Waals surface area contributed by atoms with Crippen LogP contribution >= 0.6 is 11.6 Å². The summed E-state index contributed by atoms with van der Waals surface area (Å²) in [4.78, 5) is 14.9. The maximum atomic E-state index is 13.3. The van der Waals surface area contributed by atoms with Gasteiger partial charge in [0.05, 0.1) is 30.1 Å². The van der Waals surface area contributed by atoms with Gasteiger partial charge in [-0.1, -0.05) is 28.9 Å². The van der Waals surface area contributed by atoms with Crippen molar-refractivity contribution in [3.8, 4) is 16.9 Å². The molecule has 0 saturated carbocycles. The zero-order chi connectivity index (χ0) is 23.0. The highest BCUT2D eigenvalue weighted by atomic mass is 35.5. The summed E-state index contributed by atoms with van der Waals surface area (Å²) >= 11 is 6.26. The lowest BCUT2D eigenvalue weighted by molar-refractivity contribution is 0.190. The molecular formula is C24H25ClN4O3. The van der Waals surface area contributed by atoms with Gasteiger partial charge in [0, 0.05) is 18.3 Å². The van der Waals surface area contributed by atoms with Gasteiger partial charge in [-0.15, -0.1) is 0 Å². The molecule has 0 fully saturated rings. The molecule has 4 rings (SSSR count). The minimum atomic E-state index is -0.218. The number of nitrogens with zero attached hydrogens (tertiary/aromatic N) is 4. The molecule has 0 N–H and O–H groups in total. The highest BCUT2D eigenvalue weighted by Crippen LogP contribution is 2.31. The summed E-state index contributed by atoms with van der Waals surface area (Å²) in [6.07, 6.45) is 2.31. The van der Waals surface area contributed by atoms with Crippen LogP contribution in [0.2, 0.25) is 5.02 Å². The lowest BCUT2D eigenvalue weighted by atomic mass is 10.0. The van der Waals surface area contributed by atoms with E-state index in [0.29, 0.717) is 17.2 Å². The van der Waals surface area contributed by atoms with Gasteiger partial charge in [-0.25, -0.2) is 9.80 Å². The molecule has 7 nitrogen and oxygen atoms in total. The molecule has 0 spiro atoms. The quantitative estimate of drug-likeness (QED) is 0.529. The SMILES string of the molecule is COc1cc2c(cc1Cl)C=NN(C(=O)N(C)c1ccc(-c3c(C)noc3C)cc1)[C@@H](C)C2. The van der Waals surface area contributed by atoms with Crippen LogP contribution in [-0.2, 0) is 6.42 Å². The van der Waals surface area contributed by atoms with Crippen molar-refractivity contribution < 1.29 is 14.1 Å². The van der Waals surface area contributed by atoms with Crippen molar-refractivity contribution in [2.24, 2.45) is 5.10 Å². The van der Waals surface area contributed by atoms with E-state index in [1.165, 1.54) is 5.01 Å². The third-order valence-corrected chi connectivity index (χ3v) is 6.02. The number of methoxy groups -OCH3 is 1. The zero-order valence-electron chi connectivity index (χ0n) is 18.7. The number of hydrazone groups is 1. The normalized spacial score (nSPS) is 15.3. The summed E-state index contributed by atoms with van der Waals surface area (Å²) in [5.74, 6) is 1.38. The van der Waals surface area contributed by atoms with Crippen LogP contribution in [0.15, 0.2) is 46.0 Å². The maximum Gasteiger partial charge on any atom is 0.344 e. The third kappa shape index (κ3) is 3.96. The van der Waals surface area contributed by atoms with Crippen LogP contribution in [0.1, 0.15) is 29.5 Å². The molecule has 8 heteroatoms. The van der Waals surface area contributed by atoms with E-state index in [1.807, 2.05) is 57.2 Å². The van der Waals surface area contributed by atoms with Crippen LogP contribution in [0, 0.1) is 13.8 Å². The number of halogens is 1. The largest absolute Gasteiger partial charge is 0.495 e. The van der Waals surface area contributed by atoms with Crippen molar-refractivity contribution >= 4 is 29.5 Å². The number of benzene rings is 2. The van der Waals surface area contributed by atoms with E-state index in [1.54, 1.807) is 25.3 Å². The number of aryl methyl sites for hydroxylation is 2. The minimum absolute atomic E-state index is 0.144. The second kappa shape index (κ2) is 8.67. The van der Waals surface area contributed by atoms with E-state index >= 15 is 0 Å². The summed E-state index contributed by atoms with van der Waals surface area (Å²) in [5.41, 5.74) is 5.48. The lowest BCUT2D eigenvalue weighted by Crippen LogP contribution is -2.43. The second-order valence-corrected chi connectivity index (χ2v) is 8.32. The van der Waals surface area contributed by atoms with Crippen LogP contribution in [0.3, 0.4) is 0 Å². The molecule has 0 unspecified atom stereocenters. The van der Waals surface area contributed by atoms with Gasteiger partial charge in [0.1, 0.15) is 11.5 Å². The Morgan fingerprint density at radius 2 is 1.97 bits per heavy atom. The average Bonchev–Trinajstić information content (AvgIpc) is 3.03. The van der Waals surface area contributed by atoms with Crippen LogP contribution in [0.25, 0.3) is 11.1 Å². The number of hydrogen-bond donors (Lipinski definition) is 0.